The summed E-state index contributed by atoms with van der Waals surface area (Å²) < 4.78 is 28.6. The lowest BCUT2D eigenvalue weighted by atomic mass is 10.2. The second kappa shape index (κ2) is 7.40. The van der Waals surface area contributed by atoms with E-state index in [4.69, 9.17) is 0 Å². The van der Waals surface area contributed by atoms with Crippen LogP contribution in [0.2, 0.25) is 0 Å². The van der Waals surface area contributed by atoms with Gasteiger partial charge in [0.1, 0.15) is 23.8 Å². The van der Waals surface area contributed by atoms with E-state index in [0.717, 1.165) is 49.6 Å². The second-order valence-electron chi connectivity index (χ2n) is 6.64. The Balaban J connectivity index is 1.40. The molecule has 3 aromatic rings. The van der Waals surface area contributed by atoms with Gasteiger partial charge >= 0.3 is 0 Å². The molecule has 0 bridgehead atoms. The van der Waals surface area contributed by atoms with E-state index >= 15 is 0 Å². The minimum atomic E-state index is -0.548. The zero-order chi connectivity index (χ0) is 18.8. The molecule has 3 heterocycles. The van der Waals surface area contributed by atoms with Crippen LogP contribution in [0.1, 0.15) is 11.3 Å². The Morgan fingerprint density at radius 3 is 2.44 bits per heavy atom. The minimum Gasteiger partial charge on any atom is -0.354 e. The number of piperazine rings is 1. The Hall–Kier alpha value is -2.87. The summed E-state index contributed by atoms with van der Waals surface area (Å²) in [5.74, 6) is 0.532. The Morgan fingerprint density at radius 1 is 0.963 bits per heavy atom. The van der Waals surface area contributed by atoms with Crippen molar-refractivity contribution in [2.75, 3.05) is 31.1 Å². The van der Waals surface area contributed by atoms with E-state index in [1.807, 2.05) is 25.3 Å². The van der Waals surface area contributed by atoms with Crippen molar-refractivity contribution in [3.63, 3.8) is 0 Å². The maximum atomic E-state index is 13.9. The van der Waals surface area contributed by atoms with Gasteiger partial charge in [0.25, 0.3) is 0 Å². The summed E-state index contributed by atoms with van der Waals surface area (Å²) in [5, 5.41) is 4.38. The van der Waals surface area contributed by atoms with E-state index in [-0.39, 0.29) is 0 Å². The highest BCUT2D eigenvalue weighted by atomic mass is 19.1. The van der Waals surface area contributed by atoms with Crippen LogP contribution in [0.3, 0.4) is 0 Å². The van der Waals surface area contributed by atoms with Crippen molar-refractivity contribution in [3.8, 4) is 5.82 Å². The van der Waals surface area contributed by atoms with Gasteiger partial charge in [-0.2, -0.15) is 5.10 Å². The largest absolute Gasteiger partial charge is 0.354 e. The normalized spacial score (nSPS) is 15.3. The quantitative estimate of drug-likeness (QED) is 0.707. The standard InChI is InChI=1S/C19H20F2N6/c1-14-4-5-27(24-14)19-11-18(22-13-23-19)26-8-6-25(7-9-26)12-15-2-3-16(20)10-17(15)21/h2-5,10-11,13H,6-9,12H2,1H3. The average Bonchev–Trinajstić information content (AvgIpc) is 3.11. The molecule has 1 saturated heterocycles. The Labute approximate surface area is 156 Å². The van der Waals surface area contributed by atoms with Gasteiger partial charge in [-0.05, 0) is 19.1 Å². The molecule has 1 fully saturated rings. The summed E-state index contributed by atoms with van der Waals surface area (Å²) in [4.78, 5) is 13.0. The molecule has 0 saturated carbocycles. The monoisotopic (exact) mass is 370 g/mol. The van der Waals surface area contributed by atoms with Crippen molar-refractivity contribution in [1.29, 1.82) is 0 Å². The number of aryl methyl sites for hydroxylation is 1. The summed E-state index contributed by atoms with van der Waals surface area (Å²) in [6, 6.07) is 7.59. The van der Waals surface area contributed by atoms with Gasteiger partial charge in [0, 0.05) is 56.6 Å². The van der Waals surface area contributed by atoms with Crippen LogP contribution >= 0.6 is 0 Å². The Morgan fingerprint density at radius 2 is 1.74 bits per heavy atom. The predicted octanol–water partition coefficient (Wildman–Crippen LogP) is 2.57. The Kier molecular flexibility index (Phi) is 4.81. The van der Waals surface area contributed by atoms with Crippen LogP contribution in [-0.2, 0) is 6.54 Å². The van der Waals surface area contributed by atoms with Gasteiger partial charge in [0.15, 0.2) is 5.82 Å². The molecule has 0 spiro atoms. The van der Waals surface area contributed by atoms with Crippen molar-refractivity contribution >= 4 is 5.82 Å². The first-order chi connectivity index (χ1) is 13.1. The van der Waals surface area contributed by atoms with E-state index in [0.29, 0.717) is 12.1 Å². The topological polar surface area (TPSA) is 50.1 Å². The average molecular weight is 370 g/mol. The smallest absolute Gasteiger partial charge is 0.158 e. The zero-order valence-electron chi connectivity index (χ0n) is 15.0. The number of hydrogen-bond donors (Lipinski definition) is 0. The summed E-state index contributed by atoms with van der Waals surface area (Å²) in [6.07, 6.45) is 3.42. The van der Waals surface area contributed by atoms with Gasteiger partial charge in [-0.15, -0.1) is 0 Å². The predicted molar refractivity (Wildman–Crippen MR) is 97.7 cm³/mol. The number of anilines is 1. The number of hydrogen-bond acceptors (Lipinski definition) is 5. The molecule has 6 nitrogen and oxygen atoms in total. The van der Waals surface area contributed by atoms with Crippen LogP contribution in [0.4, 0.5) is 14.6 Å². The summed E-state index contributed by atoms with van der Waals surface area (Å²) >= 11 is 0. The molecule has 0 N–H and O–H groups in total. The van der Waals surface area contributed by atoms with E-state index in [2.05, 4.69) is 24.9 Å². The molecule has 140 valence electrons. The van der Waals surface area contributed by atoms with Crippen molar-refractivity contribution < 1.29 is 8.78 Å². The fourth-order valence-electron chi connectivity index (χ4n) is 3.20. The second-order valence-corrected chi connectivity index (χ2v) is 6.64. The van der Waals surface area contributed by atoms with E-state index in [1.165, 1.54) is 12.1 Å². The molecule has 2 aromatic heterocycles. The van der Waals surface area contributed by atoms with Crippen LogP contribution < -0.4 is 4.90 Å². The van der Waals surface area contributed by atoms with Crippen molar-refractivity contribution in [1.82, 2.24) is 24.6 Å². The molecule has 0 radical (unpaired) electrons. The van der Waals surface area contributed by atoms with Gasteiger partial charge in [-0.25, -0.2) is 23.4 Å². The third-order valence-corrected chi connectivity index (χ3v) is 4.70. The van der Waals surface area contributed by atoms with Crippen molar-refractivity contribution in [3.05, 3.63) is 65.7 Å². The zero-order valence-corrected chi connectivity index (χ0v) is 15.0. The van der Waals surface area contributed by atoms with Crippen LogP contribution in [0.5, 0.6) is 0 Å². The first-order valence-electron chi connectivity index (χ1n) is 8.84. The molecule has 1 aliphatic heterocycles. The Bertz CT molecular complexity index is 933. The fraction of sp³-hybridized carbons (Fsp3) is 0.316. The highest BCUT2D eigenvalue weighted by Gasteiger charge is 2.20. The molecular formula is C19H20F2N6. The van der Waals surface area contributed by atoms with Crippen molar-refractivity contribution in [2.45, 2.75) is 13.5 Å². The van der Waals surface area contributed by atoms with Gasteiger partial charge < -0.3 is 4.90 Å². The van der Waals surface area contributed by atoms with Crippen LogP contribution in [0.25, 0.3) is 5.82 Å². The first-order valence-corrected chi connectivity index (χ1v) is 8.84. The maximum Gasteiger partial charge on any atom is 0.158 e. The van der Waals surface area contributed by atoms with E-state index < -0.39 is 11.6 Å². The molecule has 0 aliphatic carbocycles. The molecule has 0 atom stereocenters. The number of halogens is 2. The molecule has 27 heavy (non-hydrogen) atoms. The molecular weight excluding hydrogens is 350 g/mol. The molecule has 4 rings (SSSR count). The number of rotatable bonds is 4. The molecule has 8 heteroatoms. The van der Waals surface area contributed by atoms with Gasteiger partial charge in [-0.3, -0.25) is 4.90 Å². The van der Waals surface area contributed by atoms with Crippen LogP contribution in [0, 0.1) is 18.6 Å². The molecule has 1 aliphatic rings. The number of benzene rings is 1. The summed E-state index contributed by atoms with van der Waals surface area (Å²) in [6.45, 7) is 5.51. The highest BCUT2D eigenvalue weighted by molar-refractivity contribution is 5.43. The molecule has 1 aromatic carbocycles. The number of nitrogens with zero attached hydrogens (tertiary/aromatic N) is 6. The fourth-order valence-corrected chi connectivity index (χ4v) is 3.20. The van der Waals surface area contributed by atoms with Gasteiger partial charge in [-0.1, -0.05) is 6.07 Å². The van der Waals surface area contributed by atoms with Crippen molar-refractivity contribution in [2.24, 2.45) is 0 Å². The minimum absolute atomic E-state index is 0.474. The lowest BCUT2D eigenvalue weighted by Crippen LogP contribution is -2.46. The maximum absolute atomic E-state index is 13.9. The summed E-state index contributed by atoms with van der Waals surface area (Å²) in [5.41, 5.74) is 1.44. The lowest BCUT2D eigenvalue weighted by Gasteiger charge is -2.35. The first kappa shape index (κ1) is 17.5. The number of aromatic nitrogens is 4. The van der Waals surface area contributed by atoms with Gasteiger partial charge in [0.05, 0.1) is 5.69 Å². The van der Waals surface area contributed by atoms with Crippen LogP contribution in [-0.4, -0.2) is 50.8 Å². The molecule has 0 amide bonds. The van der Waals surface area contributed by atoms with Gasteiger partial charge in [0.2, 0.25) is 0 Å². The third kappa shape index (κ3) is 3.95. The highest BCUT2D eigenvalue weighted by Crippen LogP contribution is 2.18. The third-order valence-electron chi connectivity index (χ3n) is 4.70. The van der Waals surface area contributed by atoms with E-state index in [9.17, 15) is 8.78 Å². The summed E-state index contributed by atoms with van der Waals surface area (Å²) in [7, 11) is 0. The lowest BCUT2D eigenvalue weighted by molar-refractivity contribution is 0.246. The SMILES string of the molecule is Cc1ccn(-c2cc(N3CCN(Cc4ccc(F)cc4F)CC3)ncn2)n1. The molecule has 0 unspecified atom stereocenters. The van der Waals surface area contributed by atoms with Crippen LogP contribution in [0.15, 0.2) is 42.9 Å². The van der Waals surface area contributed by atoms with E-state index in [1.54, 1.807) is 11.0 Å².